The first-order valence-corrected chi connectivity index (χ1v) is 13.2. The van der Waals surface area contributed by atoms with Crippen LogP contribution in [0, 0.1) is 6.92 Å². The van der Waals surface area contributed by atoms with Crippen LogP contribution >= 0.6 is 31.9 Å². The summed E-state index contributed by atoms with van der Waals surface area (Å²) in [6, 6.07) is 15.2. The van der Waals surface area contributed by atoms with Gasteiger partial charge in [-0.15, -0.1) is 0 Å². The number of amides is 5. The number of rotatable bonds is 7. The number of carbonyl (C=O) groups is 5. The van der Waals surface area contributed by atoms with Crippen LogP contribution in [-0.2, 0) is 19.1 Å². The number of ether oxygens (including phenoxy) is 2. The number of nitrogens with one attached hydrogen (secondary N) is 2. The van der Waals surface area contributed by atoms with E-state index in [-0.39, 0.29) is 29.3 Å². The average Bonchev–Trinajstić information content (AvgIpc) is 2.91. The zero-order chi connectivity index (χ0) is 29.0. The van der Waals surface area contributed by atoms with Crippen molar-refractivity contribution in [3.8, 4) is 5.75 Å². The van der Waals surface area contributed by atoms with Gasteiger partial charge in [-0.1, -0.05) is 18.2 Å². The molecule has 1 saturated heterocycles. The van der Waals surface area contributed by atoms with E-state index in [9.17, 15) is 24.0 Å². The number of methoxy groups -OCH3 is 1. The number of aryl methyl sites for hydroxylation is 1. The molecule has 0 aliphatic carbocycles. The summed E-state index contributed by atoms with van der Waals surface area (Å²) in [6.45, 7) is 1.61. The van der Waals surface area contributed by atoms with Gasteiger partial charge in [-0.05, 0) is 98.5 Å². The summed E-state index contributed by atoms with van der Waals surface area (Å²) < 4.78 is 11.3. The van der Waals surface area contributed by atoms with Crippen molar-refractivity contribution in [2.75, 3.05) is 23.9 Å². The molecule has 1 heterocycles. The number of urea groups is 1. The highest BCUT2D eigenvalue weighted by Gasteiger charge is 2.37. The van der Waals surface area contributed by atoms with E-state index in [1.807, 2.05) is 25.1 Å². The Hall–Kier alpha value is -4.29. The number of para-hydroxylation sites is 1. The van der Waals surface area contributed by atoms with Gasteiger partial charge in [0, 0.05) is 5.69 Å². The molecule has 0 radical (unpaired) electrons. The van der Waals surface area contributed by atoms with Crippen LogP contribution < -0.4 is 20.3 Å². The molecule has 1 fully saturated rings. The molecule has 0 bridgehead atoms. The molecule has 0 saturated carbocycles. The Balaban J connectivity index is 1.52. The molecule has 2 N–H and O–H groups in total. The maximum atomic E-state index is 13.2. The minimum atomic E-state index is -0.923. The van der Waals surface area contributed by atoms with Gasteiger partial charge in [0.15, 0.2) is 6.61 Å². The highest BCUT2D eigenvalue weighted by atomic mass is 79.9. The van der Waals surface area contributed by atoms with E-state index in [0.29, 0.717) is 25.9 Å². The lowest BCUT2D eigenvalue weighted by atomic mass is 10.1. The van der Waals surface area contributed by atoms with E-state index in [0.717, 1.165) is 10.5 Å². The van der Waals surface area contributed by atoms with Gasteiger partial charge in [0.2, 0.25) is 0 Å². The van der Waals surface area contributed by atoms with E-state index in [2.05, 4.69) is 47.2 Å². The Bertz CT molecular complexity index is 1550. The number of hydrogen-bond acceptors (Lipinski definition) is 7. The van der Waals surface area contributed by atoms with Crippen LogP contribution in [0.3, 0.4) is 0 Å². The summed E-state index contributed by atoms with van der Waals surface area (Å²) in [5, 5.41) is 4.94. The van der Waals surface area contributed by atoms with Gasteiger partial charge in [-0.3, -0.25) is 19.7 Å². The lowest BCUT2D eigenvalue weighted by Crippen LogP contribution is -2.54. The second-order valence-corrected chi connectivity index (χ2v) is 10.2. The van der Waals surface area contributed by atoms with Crippen molar-refractivity contribution < 1.29 is 33.4 Å². The van der Waals surface area contributed by atoms with Crippen molar-refractivity contribution in [2.45, 2.75) is 6.92 Å². The highest BCUT2D eigenvalue weighted by Crippen LogP contribution is 2.36. The number of hydrogen-bond donors (Lipinski definition) is 2. The minimum absolute atomic E-state index is 0.156. The van der Waals surface area contributed by atoms with Crippen LogP contribution in [0.4, 0.5) is 16.2 Å². The molecular formula is C28H21Br2N3O7. The fourth-order valence-electron chi connectivity index (χ4n) is 3.76. The molecule has 204 valence electrons. The van der Waals surface area contributed by atoms with Crippen molar-refractivity contribution >= 4 is 79.0 Å². The molecule has 12 heteroatoms. The third-order valence-electron chi connectivity index (χ3n) is 5.75. The van der Waals surface area contributed by atoms with Gasteiger partial charge in [0.1, 0.15) is 11.3 Å². The first kappa shape index (κ1) is 28.7. The highest BCUT2D eigenvalue weighted by molar-refractivity contribution is 9.11. The third kappa shape index (κ3) is 6.29. The van der Waals surface area contributed by atoms with Crippen LogP contribution in [0.2, 0.25) is 0 Å². The molecule has 0 aromatic heterocycles. The predicted octanol–water partition coefficient (Wildman–Crippen LogP) is 4.99. The number of nitrogens with zero attached hydrogens (tertiary/aromatic N) is 1. The SMILES string of the molecule is COC(=O)c1ccc(N2C(=O)NC(=O)/C(=C/c3cc(Br)c(OCC(=O)Nc4ccccc4C)c(Br)c3)C2=O)cc1. The van der Waals surface area contributed by atoms with Gasteiger partial charge >= 0.3 is 12.0 Å². The van der Waals surface area contributed by atoms with Gasteiger partial charge in [-0.2, -0.15) is 0 Å². The van der Waals surface area contributed by atoms with Gasteiger partial charge in [0.25, 0.3) is 17.7 Å². The third-order valence-corrected chi connectivity index (χ3v) is 6.92. The lowest BCUT2D eigenvalue weighted by molar-refractivity contribution is -0.122. The van der Waals surface area contributed by atoms with Crippen LogP contribution in [0.15, 0.2) is 75.2 Å². The molecule has 3 aromatic carbocycles. The van der Waals surface area contributed by atoms with E-state index < -0.39 is 23.8 Å². The summed E-state index contributed by atoms with van der Waals surface area (Å²) in [5.41, 5.74) is 2.12. The molecule has 0 atom stereocenters. The molecule has 40 heavy (non-hydrogen) atoms. The maximum Gasteiger partial charge on any atom is 0.337 e. The Labute approximate surface area is 245 Å². The smallest absolute Gasteiger partial charge is 0.337 e. The van der Waals surface area contributed by atoms with E-state index in [1.165, 1.54) is 37.5 Å². The molecule has 4 rings (SSSR count). The van der Waals surface area contributed by atoms with E-state index in [1.54, 1.807) is 18.2 Å². The van der Waals surface area contributed by atoms with Gasteiger partial charge in [0.05, 0.1) is 27.3 Å². The largest absolute Gasteiger partial charge is 0.481 e. The normalized spacial score (nSPS) is 14.2. The summed E-state index contributed by atoms with van der Waals surface area (Å²) in [4.78, 5) is 63.1. The standard InChI is InChI=1S/C28H21Br2N3O7/c1-15-5-3-4-6-22(15)31-23(34)14-40-24-20(29)12-16(13-21(24)30)11-19-25(35)32-28(38)33(26(19)36)18-9-7-17(8-10-18)27(37)39-2/h3-13H,14H2,1-2H3,(H,31,34)(H,32,35,38)/b19-11-. The van der Waals surface area contributed by atoms with Crippen molar-refractivity contribution in [1.29, 1.82) is 0 Å². The van der Waals surface area contributed by atoms with Crippen LogP contribution in [0.1, 0.15) is 21.5 Å². The van der Waals surface area contributed by atoms with Crippen LogP contribution in [0.5, 0.6) is 5.75 Å². The van der Waals surface area contributed by atoms with Crippen molar-refractivity contribution in [3.63, 3.8) is 0 Å². The molecule has 1 aliphatic rings. The second kappa shape index (κ2) is 12.3. The topological polar surface area (TPSA) is 131 Å². The summed E-state index contributed by atoms with van der Waals surface area (Å²) in [7, 11) is 1.24. The van der Waals surface area contributed by atoms with Crippen LogP contribution in [-0.4, -0.2) is 43.4 Å². The first-order chi connectivity index (χ1) is 19.1. The molecule has 3 aromatic rings. The van der Waals surface area contributed by atoms with Crippen molar-refractivity contribution in [3.05, 3.63) is 91.9 Å². The number of imide groups is 2. The molecular weight excluding hydrogens is 650 g/mol. The van der Waals surface area contributed by atoms with Crippen molar-refractivity contribution in [2.24, 2.45) is 0 Å². The van der Waals surface area contributed by atoms with Crippen molar-refractivity contribution in [1.82, 2.24) is 5.32 Å². The monoisotopic (exact) mass is 669 g/mol. The average molecular weight is 671 g/mol. The fourth-order valence-corrected chi connectivity index (χ4v) is 5.21. The Morgan fingerprint density at radius 1 is 1.00 bits per heavy atom. The summed E-state index contributed by atoms with van der Waals surface area (Å²) in [5.74, 6) is -2.30. The van der Waals surface area contributed by atoms with E-state index >= 15 is 0 Å². The summed E-state index contributed by atoms with van der Waals surface area (Å²) >= 11 is 6.80. The summed E-state index contributed by atoms with van der Waals surface area (Å²) in [6.07, 6.45) is 1.32. The second-order valence-electron chi connectivity index (χ2n) is 8.46. The Morgan fingerprint density at radius 3 is 2.27 bits per heavy atom. The lowest BCUT2D eigenvalue weighted by Gasteiger charge is -2.26. The molecule has 1 aliphatic heterocycles. The number of halogens is 2. The number of carbonyl (C=O) groups excluding carboxylic acids is 5. The molecule has 5 amide bonds. The zero-order valence-electron chi connectivity index (χ0n) is 21.1. The van der Waals surface area contributed by atoms with Gasteiger partial charge < -0.3 is 14.8 Å². The number of esters is 1. The minimum Gasteiger partial charge on any atom is -0.481 e. The maximum absolute atomic E-state index is 13.2. The Kier molecular flexibility index (Phi) is 8.80. The van der Waals surface area contributed by atoms with Gasteiger partial charge in [-0.25, -0.2) is 14.5 Å². The molecule has 0 spiro atoms. The van der Waals surface area contributed by atoms with Crippen LogP contribution in [0.25, 0.3) is 6.08 Å². The quantitative estimate of drug-likeness (QED) is 0.206. The predicted molar refractivity (Wildman–Crippen MR) is 154 cm³/mol. The number of barbiturate groups is 1. The first-order valence-electron chi connectivity index (χ1n) is 11.7. The van der Waals surface area contributed by atoms with E-state index in [4.69, 9.17) is 4.74 Å². The molecule has 0 unspecified atom stereocenters. The zero-order valence-corrected chi connectivity index (χ0v) is 24.3. The number of benzene rings is 3. The Morgan fingerprint density at radius 2 is 1.65 bits per heavy atom. The number of anilines is 2. The molecule has 10 nitrogen and oxygen atoms in total. The fraction of sp³-hybridized carbons (Fsp3) is 0.107.